The quantitative estimate of drug-likeness (QED) is 0.867. The average molecular weight is 289 g/mol. The van der Waals surface area contributed by atoms with E-state index in [2.05, 4.69) is 0 Å². The molecule has 5 heteroatoms. The highest BCUT2D eigenvalue weighted by Gasteiger charge is 2.33. The number of hydrogen-bond donors (Lipinski definition) is 0. The molecule has 1 saturated heterocycles. The molecule has 1 aromatic carbocycles. The molecule has 1 fully saturated rings. The predicted molar refractivity (Wildman–Crippen MR) is 77.5 cm³/mol. The minimum Gasteiger partial charge on any atom is -0.497 e. The van der Waals surface area contributed by atoms with Crippen LogP contribution in [0.2, 0.25) is 0 Å². The van der Waals surface area contributed by atoms with Gasteiger partial charge in [0.05, 0.1) is 25.7 Å². The molecule has 0 aliphatic carbocycles. The van der Waals surface area contributed by atoms with Crippen LogP contribution in [0.25, 0.3) is 0 Å². The zero-order valence-corrected chi connectivity index (χ0v) is 11.9. The fourth-order valence-corrected chi connectivity index (χ4v) is 3.43. The normalized spacial score (nSPS) is 18.6. The molecule has 0 radical (unpaired) electrons. The van der Waals surface area contributed by atoms with Crippen LogP contribution in [-0.4, -0.2) is 23.7 Å². The van der Waals surface area contributed by atoms with Gasteiger partial charge in [-0.25, -0.2) is 0 Å². The van der Waals surface area contributed by atoms with E-state index in [1.807, 2.05) is 41.3 Å². The summed E-state index contributed by atoms with van der Waals surface area (Å²) >= 11 is 1.64. The molecule has 1 aliphatic heterocycles. The number of carbonyl (C=O) groups is 1. The van der Waals surface area contributed by atoms with Crippen LogP contribution >= 0.6 is 11.8 Å². The van der Waals surface area contributed by atoms with Gasteiger partial charge < -0.3 is 14.1 Å². The molecule has 1 amide bonds. The number of furan rings is 1. The first-order valence-electron chi connectivity index (χ1n) is 6.35. The molecule has 3 rings (SSSR count). The first-order chi connectivity index (χ1) is 9.78. The van der Waals surface area contributed by atoms with Crippen molar-refractivity contribution in [3.8, 4) is 5.75 Å². The smallest absolute Gasteiger partial charge is 0.234 e. The first-order valence-corrected chi connectivity index (χ1v) is 7.40. The van der Waals surface area contributed by atoms with Crippen LogP contribution in [0.4, 0.5) is 0 Å². The van der Waals surface area contributed by atoms with E-state index in [4.69, 9.17) is 9.15 Å². The second-order valence-electron chi connectivity index (χ2n) is 4.54. The van der Waals surface area contributed by atoms with Gasteiger partial charge in [-0.2, -0.15) is 0 Å². The maximum Gasteiger partial charge on any atom is 0.234 e. The number of ether oxygens (including phenoxy) is 1. The molecule has 4 nitrogen and oxygen atoms in total. The Morgan fingerprint density at radius 1 is 1.35 bits per heavy atom. The number of hydrogen-bond acceptors (Lipinski definition) is 4. The van der Waals surface area contributed by atoms with Crippen molar-refractivity contribution < 1.29 is 13.9 Å². The Morgan fingerprint density at radius 2 is 2.15 bits per heavy atom. The molecule has 104 valence electrons. The van der Waals surface area contributed by atoms with Gasteiger partial charge in [0.2, 0.25) is 5.91 Å². The Labute approximate surface area is 121 Å². The SMILES string of the molecule is COc1ccc(C2SCC(=O)N2Cc2ccco2)cc1. The van der Waals surface area contributed by atoms with Crippen LogP contribution in [0.15, 0.2) is 47.1 Å². The van der Waals surface area contributed by atoms with Crippen molar-refractivity contribution in [2.45, 2.75) is 11.9 Å². The van der Waals surface area contributed by atoms with E-state index in [1.54, 1.807) is 25.1 Å². The summed E-state index contributed by atoms with van der Waals surface area (Å²) in [4.78, 5) is 13.9. The molecule has 1 aliphatic rings. The summed E-state index contributed by atoms with van der Waals surface area (Å²) < 4.78 is 10.5. The van der Waals surface area contributed by atoms with Gasteiger partial charge in [-0.05, 0) is 29.8 Å². The Bertz CT molecular complexity index is 580. The summed E-state index contributed by atoms with van der Waals surface area (Å²) in [6, 6.07) is 11.6. The van der Waals surface area contributed by atoms with Gasteiger partial charge in [-0.1, -0.05) is 12.1 Å². The fourth-order valence-electron chi connectivity index (χ4n) is 2.24. The van der Waals surface area contributed by atoms with Gasteiger partial charge in [0.1, 0.15) is 16.9 Å². The van der Waals surface area contributed by atoms with E-state index in [-0.39, 0.29) is 11.3 Å². The molecule has 2 heterocycles. The topological polar surface area (TPSA) is 42.7 Å². The van der Waals surface area contributed by atoms with Gasteiger partial charge in [-0.15, -0.1) is 11.8 Å². The van der Waals surface area contributed by atoms with Gasteiger partial charge in [0.25, 0.3) is 0 Å². The average Bonchev–Trinajstić information content (AvgIpc) is 3.11. The monoisotopic (exact) mass is 289 g/mol. The third-order valence-corrected chi connectivity index (χ3v) is 4.53. The lowest BCUT2D eigenvalue weighted by Gasteiger charge is -2.23. The van der Waals surface area contributed by atoms with Gasteiger partial charge in [0.15, 0.2) is 0 Å². The molecule has 1 aromatic heterocycles. The molecule has 1 atom stereocenters. The standard InChI is InChI=1S/C15H15NO3S/c1-18-12-6-4-11(5-7-12)15-16(14(17)10-20-15)9-13-3-2-8-19-13/h2-8,15H,9-10H2,1H3. The van der Waals surface area contributed by atoms with Crippen LogP contribution in [-0.2, 0) is 11.3 Å². The summed E-state index contributed by atoms with van der Waals surface area (Å²) in [6.45, 7) is 0.509. The highest BCUT2D eigenvalue weighted by Crippen LogP contribution is 2.39. The van der Waals surface area contributed by atoms with Crippen molar-refractivity contribution in [1.82, 2.24) is 4.90 Å². The number of methoxy groups -OCH3 is 1. The molecule has 0 bridgehead atoms. The van der Waals surface area contributed by atoms with Crippen molar-refractivity contribution in [3.05, 3.63) is 54.0 Å². The molecule has 20 heavy (non-hydrogen) atoms. The highest BCUT2D eigenvalue weighted by molar-refractivity contribution is 8.00. The number of nitrogens with zero attached hydrogens (tertiary/aromatic N) is 1. The van der Waals surface area contributed by atoms with Crippen molar-refractivity contribution in [2.24, 2.45) is 0 Å². The second kappa shape index (κ2) is 5.63. The third kappa shape index (κ3) is 2.54. The number of thioether (sulfide) groups is 1. The minimum absolute atomic E-state index is 0.0403. The predicted octanol–water partition coefficient (Wildman–Crippen LogP) is 3.06. The zero-order valence-electron chi connectivity index (χ0n) is 11.1. The Morgan fingerprint density at radius 3 is 2.80 bits per heavy atom. The van der Waals surface area contributed by atoms with Gasteiger partial charge in [-0.3, -0.25) is 4.79 Å². The molecule has 0 spiro atoms. The van der Waals surface area contributed by atoms with Crippen LogP contribution < -0.4 is 4.74 Å². The van der Waals surface area contributed by atoms with E-state index in [0.29, 0.717) is 12.3 Å². The van der Waals surface area contributed by atoms with Crippen LogP contribution in [0.3, 0.4) is 0 Å². The summed E-state index contributed by atoms with van der Waals surface area (Å²) in [7, 11) is 1.64. The van der Waals surface area contributed by atoms with E-state index >= 15 is 0 Å². The lowest BCUT2D eigenvalue weighted by atomic mass is 10.2. The zero-order chi connectivity index (χ0) is 13.9. The number of carbonyl (C=O) groups excluding carboxylic acids is 1. The molecular weight excluding hydrogens is 274 g/mol. The molecule has 1 unspecified atom stereocenters. The number of benzene rings is 1. The fraction of sp³-hybridized carbons (Fsp3) is 0.267. The Hall–Kier alpha value is -1.88. The molecule has 0 saturated carbocycles. The maximum atomic E-state index is 12.0. The van der Waals surface area contributed by atoms with Crippen molar-refractivity contribution in [3.63, 3.8) is 0 Å². The van der Waals surface area contributed by atoms with E-state index in [0.717, 1.165) is 17.1 Å². The largest absolute Gasteiger partial charge is 0.497 e. The number of amides is 1. The van der Waals surface area contributed by atoms with Gasteiger partial charge in [0, 0.05) is 0 Å². The Balaban J connectivity index is 1.81. The lowest BCUT2D eigenvalue weighted by molar-refractivity contribution is -0.128. The van der Waals surface area contributed by atoms with Crippen molar-refractivity contribution in [1.29, 1.82) is 0 Å². The summed E-state index contributed by atoms with van der Waals surface area (Å²) in [5.41, 5.74) is 1.10. The second-order valence-corrected chi connectivity index (χ2v) is 5.61. The van der Waals surface area contributed by atoms with E-state index in [1.165, 1.54) is 0 Å². The van der Waals surface area contributed by atoms with E-state index < -0.39 is 0 Å². The first kappa shape index (κ1) is 13.1. The molecule has 2 aromatic rings. The van der Waals surface area contributed by atoms with E-state index in [9.17, 15) is 4.79 Å². The molecule has 0 N–H and O–H groups in total. The van der Waals surface area contributed by atoms with Crippen molar-refractivity contribution >= 4 is 17.7 Å². The van der Waals surface area contributed by atoms with Crippen LogP contribution in [0, 0.1) is 0 Å². The minimum atomic E-state index is 0.0403. The van der Waals surface area contributed by atoms with Crippen LogP contribution in [0.1, 0.15) is 16.7 Å². The third-order valence-electron chi connectivity index (χ3n) is 3.28. The summed E-state index contributed by atoms with van der Waals surface area (Å²) in [6.07, 6.45) is 1.63. The summed E-state index contributed by atoms with van der Waals surface area (Å²) in [5.74, 6) is 2.28. The highest BCUT2D eigenvalue weighted by atomic mass is 32.2. The maximum absolute atomic E-state index is 12.0. The Kier molecular flexibility index (Phi) is 3.69. The van der Waals surface area contributed by atoms with Crippen molar-refractivity contribution in [2.75, 3.05) is 12.9 Å². The molecular formula is C15H15NO3S. The number of rotatable bonds is 4. The van der Waals surface area contributed by atoms with Gasteiger partial charge >= 0.3 is 0 Å². The van der Waals surface area contributed by atoms with Crippen LogP contribution in [0.5, 0.6) is 5.75 Å². The summed E-state index contributed by atoms with van der Waals surface area (Å²) in [5, 5.41) is 0.0403. The lowest BCUT2D eigenvalue weighted by Crippen LogP contribution is -2.27.